The topological polar surface area (TPSA) is 66.5 Å². The quantitative estimate of drug-likeness (QED) is 0.703. The number of hydrogen-bond acceptors (Lipinski definition) is 3. The summed E-state index contributed by atoms with van der Waals surface area (Å²) in [7, 11) is 1.51. The van der Waals surface area contributed by atoms with Gasteiger partial charge in [0.15, 0.2) is 0 Å². The van der Waals surface area contributed by atoms with Crippen LogP contribution in [0.5, 0.6) is 0 Å². The predicted molar refractivity (Wildman–Crippen MR) is 60.8 cm³/mol. The van der Waals surface area contributed by atoms with Gasteiger partial charge in [0.2, 0.25) is 17.7 Å². The first-order valence-corrected chi connectivity index (χ1v) is 6.16. The summed E-state index contributed by atoms with van der Waals surface area (Å²) < 4.78 is 0. The second-order valence-electron chi connectivity index (χ2n) is 4.83. The molecule has 0 radical (unpaired) electrons. The minimum absolute atomic E-state index is 0.157. The summed E-state index contributed by atoms with van der Waals surface area (Å²) >= 11 is 0. The van der Waals surface area contributed by atoms with E-state index in [1.54, 1.807) is 6.92 Å². The van der Waals surface area contributed by atoms with Crippen molar-refractivity contribution >= 4 is 17.7 Å². The van der Waals surface area contributed by atoms with Crippen LogP contribution in [0.15, 0.2) is 0 Å². The maximum atomic E-state index is 12.1. The molecule has 0 bridgehead atoms. The molecule has 1 heterocycles. The van der Waals surface area contributed by atoms with Crippen LogP contribution >= 0.6 is 0 Å². The van der Waals surface area contributed by atoms with Crippen LogP contribution in [0.2, 0.25) is 0 Å². The van der Waals surface area contributed by atoms with E-state index >= 15 is 0 Å². The maximum Gasteiger partial charge on any atom is 0.242 e. The molecule has 1 aliphatic carbocycles. The lowest BCUT2D eigenvalue weighted by molar-refractivity contribution is -0.147. The van der Waals surface area contributed by atoms with Crippen molar-refractivity contribution in [3.05, 3.63) is 0 Å². The molecule has 94 valence electrons. The number of fused-ring (bicyclic) bond motifs is 1. The second kappa shape index (κ2) is 4.47. The van der Waals surface area contributed by atoms with Gasteiger partial charge in [-0.1, -0.05) is 12.8 Å². The molecule has 2 rings (SSSR count). The maximum absolute atomic E-state index is 12.1. The van der Waals surface area contributed by atoms with Crippen molar-refractivity contribution in [1.29, 1.82) is 0 Å². The van der Waals surface area contributed by atoms with Crippen molar-refractivity contribution in [2.75, 3.05) is 7.05 Å². The number of amides is 3. The van der Waals surface area contributed by atoms with Crippen LogP contribution < -0.4 is 5.32 Å². The molecule has 1 aliphatic heterocycles. The monoisotopic (exact) mass is 238 g/mol. The summed E-state index contributed by atoms with van der Waals surface area (Å²) in [6.45, 7) is 1.60. The van der Waals surface area contributed by atoms with Gasteiger partial charge in [-0.15, -0.1) is 0 Å². The molecule has 3 atom stereocenters. The van der Waals surface area contributed by atoms with Gasteiger partial charge < -0.3 is 5.32 Å². The molecule has 17 heavy (non-hydrogen) atoms. The summed E-state index contributed by atoms with van der Waals surface area (Å²) in [5.74, 6) is -0.955. The Morgan fingerprint density at radius 3 is 2.12 bits per heavy atom. The molecule has 1 saturated heterocycles. The van der Waals surface area contributed by atoms with E-state index in [1.807, 2.05) is 0 Å². The Balaban J connectivity index is 2.21. The molecule has 0 aromatic carbocycles. The highest BCUT2D eigenvalue weighted by molar-refractivity contribution is 6.08. The average Bonchev–Trinajstić information content (AvgIpc) is 2.61. The van der Waals surface area contributed by atoms with Crippen LogP contribution in [0.3, 0.4) is 0 Å². The van der Waals surface area contributed by atoms with Crippen molar-refractivity contribution in [1.82, 2.24) is 10.2 Å². The first-order chi connectivity index (χ1) is 8.07. The fraction of sp³-hybridized carbons (Fsp3) is 0.750. The fourth-order valence-corrected chi connectivity index (χ4v) is 2.90. The van der Waals surface area contributed by atoms with Gasteiger partial charge in [-0.25, -0.2) is 0 Å². The largest absolute Gasteiger partial charge is 0.357 e. The van der Waals surface area contributed by atoms with Crippen LogP contribution in [0.1, 0.15) is 32.6 Å². The molecule has 0 aromatic heterocycles. The number of imide groups is 1. The first-order valence-electron chi connectivity index (χ1n) is 6.16. The standard InChI is InChI=1S/C12H18N2O3/c1-7(10(15)13-2)14-11(16)8-5-3-4-6-9(8)12(14)17/h7-9H,3-6H2,1-2H3,(H,13,15). The number of likely N-dealkylation sites (tertiary alicyclic amines) is 1. The lowest BCUT2D eigenvalue weighted by Crippen LogP contribution is -2.47. The molecule has 0 aromatic rings. The van der Waals surface area contributed by atoms with E-state index < -0.39 is 6.04 Å². The third-order valence-corrected chi connectivity index (χ3v) is 3.89. The molecule has 2 aliphatic rings. The van der Waals surface area contributed by atoms with Gasteiger partial charge in [0.1, 0.15) is 6.04 Å². The minimum atomic E-state index is -0.689. The van der Waals surface area contributed by atoms with Crippen LogP contribution in [0, 0.1) is 11.8 Å². The van der Waals surface area contributed by atoms with Gasteiger partial charge in [0, 0.05) is 7.05 Å². The van der Waals surface area contributed by atoms with E-state index in [4.69, 9.17) is 0 Å². The first kappa shape index (κ1) is 12.1. The lowest BCUT2D eigenvalue weighted by atomic mass is 9.81. The van der Waals surface area contributed by atoms with Gasteiger partial charge in [-0.2, -0.15) is 0 Å². The Bertz CT molecular complexity index is 343. The molecule has 1 N–H and O–H groups in total. The number of carbonyl (C=O) groups is 3. The Morgan fingerprint density at radius 2 is 1.71 bits per heavy atom. The number of carbonyl (C=O) groups excluding carboxylic acids is 3. The van der Waals surface area contributed by atoms with Crippen molar-refractivity contribution in [2.24, 2.45) is 11.8 Å². The average molecular weight is 238 g/mol. The third kappa shape index (κ3) is 1.83. The number of rotatable bonds is 2. The van der Waals surface area contributed by atoms with Gasteiger partial charge in [0.05, 0.1) is 11.8 Å². The normalized spacial score (nSPS) is 30.1. The van der Waals surface area contributed by atoms with Crippen molar-refractivity contribution < 1.29 is 14.4 Å². The minimum Gasteiger partial charge on any atom is -0.357 e. The van der Waals surface area contributed by atoms with E-state index in [-0.39, 0.29) is 29.6 Å². The second-order valence-corrected chi connectivity index (χ2v) is 4.83. The molecule has 3 amide bonds. The van der Waals surface area contributed by atoms with Crippen molar-refractivity contribution in [3.8, 4) is 0 Å². The predicted octanol–water partition coefficient (Wildman–Crippen LogP) is 0.296. The van der Waals surface area contributed by atoms with Crippen molar-refractivity contribution in [2.45, 2.75) is 38.6 Å². The zero-order chi connectivity index (χ0) is 12.6. The molecule has 1 saturated carbocycles. The zero-order valence-corrected chi connectivity index (χ0v) is 10.2. The smallest absolute Gasteiger partial charge is 0.242 e. The SMILES string of the molecule is CNC(=O)C(C)N1C(=O)C2CCCCC2C1=O. The Morgan fingerprint density at radius 1 is 1.24 bits per heavy atom. The summed E-state index contributed by atoms with van der Waals surface area (Å²) in [5.41, 5.74) is 0. The molecule has 5 nitrogen and oxygen atoms in total. The number of nitrogens with one attached hydrogen (secondary N) is 1. The summed E-state index contributed by atoms with van der Waals surface area (Å²) in [6.07, 6.45) is 3.57. The van der Waals surface area contributed by atoms with Gasteiger partial charge >= 0.3 is 0 Å². The Labute approximate surface area is 101 Å². The van der Waals surface area contributed by atoms with Gasteiger partial charge in [-0.3, -0.25) is 19.3 Å². The van der Waals surface area contributed by atoms with E-state index in [1.165, 1.54) is 11.9 Å². The van der Waals surface area contributed by atoms with E-state index in [0.717, 1.165) is 25.7 Å². The highest BCUT2D eigenvalue weighted by atomic mass is 16.2. The molecular weight excluding hydrogens is 220 g/mol. The molecule has 2 fully saturated rings. The molecule has 5 heteroatoms. The summed E-state index contributed by atoms with van der Waals surface area (Å²) in [5, 5.41) is 2.48. The van der Waals surface area contributed by atoms with Gasteiger partial charge in [0.25, 0.3) is 0 Å². The zero-order valence-electron chi connectivity index (χ0n) is 10.2. The molecular formula is C12H18N2O3. The van der Waals surface area contributed by atoms with Gasteiger partial charge in [-0.05, 0) is 19.8 Å². The summed E-state index contributed by atoms with van der Waals surface area (Å²) in [6, 6.07) is -0.689. The number of nitrogens with zero attached hydrogens (tertiary/aromatic N) is 1. The third-order valence-electron chi connectivity index (χ3n) is 3.89. The molecule has 3 unspecified atom stereocenters. The van der Waals surface area contributed by atoms with Crippen LogP contribution in [0.4, 0.5) is 0 Å². The Hall–Kier alpha value is -1.39. The van der Waals surface area contributed by atoms with Crippen LogP contribution in [-0.4, -0.2) is 35.7 Å². The molecule has 0 spiro atoms. The van der Waals surface area contributed by atoms with Crippen LogP contribution in [0.25, 0.3) is 0 Å². The number of likely N-dealkylation sites (N-methyl/N-ethyl adjacent to an activating group) is 1. The highest BCUT2D eigenvalue weighted by Gasteiger charge is 2.50. The van der Waals surface area contributed by atoms with Crippen LogP contribution in [-0.2, 0) is 14.4 Å². The Kier molecular flexibility index (Phi) is 3.17. The van der Waals surface area contributed by atoms with E-state index in [2.05, 4.69) is 5.32 Å². The fourth-order valence-electron chi connectivity index (χ4n) is 2.90. The van der Waals surface area contributed by atoms with Crippen molar-refractivity contribution in [3.63, 3.8) is 0 Å². The summed E-state index contributed by atoms with van der Waals surface area (Å²) in [4.78, 5) is 37.0. The highest BCUT2D eigenvalue weighted by Crippen LogP contribution is 2.38. The lowest BCUT2D eigenvalue weighted by Gasteiger charge is -2.21. The van der Waals surface area contributed by atoms with E-state index in [0.29, 0.717) is 0 Å². The van der Waals surface area contributed by atoms with E-state index in [9.17, 15) is 14.4 Å². The number of hydrogen-bond donors (Lipinski definition) is 1.